The molecular weight excluding hydrogens is 376 g/mol. The molecule has 1 aromatic carbocycles. The van der Waals surface area contributed by atoms with Crippen LogP contribution in [0.3, 0.4) is 0 Å². The van der Waals surface area contributed by atoms with Gasteiger partial charge in [0.05, 0.1) is 19.3 Å². The number of amides is 2. The molecule has 0 spiro atoms. The summed E-state index contributed by atoms with van der Waals surface area (Å²) in [6.07, 6.45) is 1.67. The Kier molecular flexibility index (Phi) is 7.39. The first-order valence-electron chi connectivity index (χ1n) is 9.52. The van der Waals surface area contributed by atoms with Gasteiger partial charge in [0.25, 0.3) is 0 Å². The first-order chi connectivity index (χ1) is 13.6. The summed E-state index contributed by atoms with van der Waals surface area (Å²) in [5.41, 5.74) is 0.606. The van der Waals surface area contributed by atoms with Gasteiger partial charge < -0.3 is 19.9 Å². The number of aliphatic hydroxyl groups is 1. The number of nitrogens with one attached hydrogen (secondary N) is 1. The van der Waals surface area contributed by atoms with Crippen molar-refractivity contribution >= 4 is 29.7 Å². The maximum absolute atomic E-state index is 12.7. The lowest BCUT2D eigenvalue weighted by Gasteiger charge is -2.27. The second-order valence-corrected chi connectivity index (χ2v) is 7.73. The van der Waals surface area contributed by atoms with E-state index < -0.39 is 35.7 Å². The number of hydrogen-bond donors (Lipinski definition) is 2. The van der Waals surface area contributed by atoms with Crippen LogP contribution in [0, 0.1) is 0 Å². The van der Waals surface area contributed by atoms with Crippen molar-refractivity contribution in [2.45, 2.75) is 51.9 Å². The molecule has 1 saturated heterocycles. The highest BCUT2D eigenvalue weighted by Crippen LogP contribution is 2.23. The second-order valence-electron chi connectivity index (χ2n) is 7.73. The standard InChI is InChI=1S/C21H28N2O6/c1-5-28-18(25)11-8-14-6-9-15(10-7-14)22-19(26)17-12-16(24)13-23(17)20(27)29-21(2,3)4/h6-11,16-17,24H,5,12-13H2,1-4H3,(H,22,26)/b11-8+/t16-,17-/m0/s1. The Labute approximate surface area is 170 Å². The fourth-order valence-corrected chi connectivity index (χ4v) is 2.84. The van der Waals surface area contributed by atoms with E-state index in [-0.39, 0.29) is 13.0 Å². The Morgan fingerprint density at radius 3 is 2.48 bits per heavy atom. The normalized spacial score (nSPS) is 19.3. The molecule has 8 heteroatoms. The molecular formula is C21H28N2O6. The molecule has 0 unspecified atom stereocenters. The minimum absolute atomic E-state index is 0.0462. The van der Waals surface area contributed by atoms with E-state index >= 15 is 0 Å². The van der Waals surface area contributed by atoms with Crippen molar-refractivity contribution in [1.29, 1.82) is 0 Å². The number of anilines is 1. The number of ether oxygens (including phenoxy) is 2. The highest BCUT2D eigenvalue weighted by molar-refractivity contribution is 5.97. The third-order valence-electron chi connectivity index (χ3n) is 4.09. The van der Waals surface area contributed by atoms with Crippen molar-refractivity contribution in [2.75, 3.05) is 18.5 Å². The summed E-state index contributed by atoms with van der Waals surface area (Å²) < 4.78 is 10.1. The van der Waals surface area contributed by atoms with Crippen LogP contribution in [0.2, 0.25) is 0 Å². The van der Waals surface area contributed by atoms with Gasteiger partial charge in [0.1, 0.15) is 11.6 Å². The Morgan fingerprint density at radius 2 is 1.90 bits per heavy atom. The van der Waals surface area contributed by atoms with E-state index in [1.54, 1.807) is 58.0 Å². The molecule has 1 aliphatic rings. The largest absolute Gasteiger partial charge is 0.463 e. The summed E-state index contributed by atoms with van der Waals surface area (Å²) in [6, 6.07) is 6.03. The fraction of sp³-hybridized carbons (Fsp3) is 0.476. The maximum Gasteiger partial charge on any atom is 0.411 e. The average Bonchev–Trinajstić information content (AvgIpc) is 3.02. The fourth-order valence-electron chi connectivity index (χ4n) is 2.84. The number of β-amino-alcohol motifs (C(OH)–C–C–N with tert-alkyl or cyclic N) is 1. The Morgan fingerprint density at radius 1 is 1.24 bits per heavy atom. The molecule has 29 heavy (non-hydrogen) atoms. The van der Waals surface area contributed by atoms with E-state index in [0.29, 0.717) is 12.3 Å². The van der Waals surface area contributed by atoms with Crippen molar-refractivity contribution in [2.24, 2.45) is 0 Å². The predicted octanol–water partition coefficient (Wildman–Crippen LogP) is 2.57. The number of likely N-dealkylation sites (tertiary alicyclic amines) is 1. The van der Waals surface area contributed by atoms with Crippen molar-refractivity contribution in [1.82, 2.24) is 4.90 Å². The van der Waals surface area contributed by atoms with Crippen LogP contribution in [0.15, 0.2) is 30.3 Å². The topological polar surface area (TPSA) is 105 Å². The lowest BCUT2D eigenvalue weighted by Crippen LogP contribution is -2.45. The Hall–Kier alpha value is -2.87. The Balaban J connectivity index is 2.01. The molecule has 0 bridgehead atoms. The van der Waals surface area contributed by atoms with Gasteiger partial charge in [0.15, 0.2) is 0 Å². The van der Waals surface area contributed by atoms with Crippen LogP contribution >= 0.6 is 0 Å². The van der Waals surface area contributed by atoms with Crippen molar-refractivity contribution in [3.8, 4) is 0 Å². The number of aliphatic hydroxyl groups excluding tert-OH is 1. The number of nitrogens with zero attached hydrogens (tertiary/aromatic N) is 1. The van der Waals surface area contributed by atoms with Crippen LogP contribution in [0.25, 0.3) is 6.08 Å². The highest BCUT2D eigenvalue weighted by Gasteiger charge is 2.40. The number of hydrogen-bond acceptors (Lipinski definition) is 6. The number of carbonyl (C=O) groups is 3. The van der Waals surface area contributed by atoms with Gasteiger partial charge >= 0.3 is 12.1 Å². The highest BCUT2D eigenvalue weighted by atomic mass is 16.6. The molecule has 1 aromatic rings. The third kappa shape index (κ3) is 6.90. The lowest BCUT2D eigenvalue weighted by atomic mass is 10.1. The molecule has 0 saturated carbocycles. The van der Waals surface area contributed by atoms with E-state index in [1.807, 2.05) is 0 Å². The lowest BCUT2D eigenvalue weighted by molar-refractivity contribution is -0.137. The second kappa shape index (κ2) is 9.56. The summed E-state index contributed by atoms with van der Waals surface area (Å²) in [5, 5.41) is 12.7. The first-order valence-corrected chi connectivity index (χ1v) is 9.52. The van der Waals surface area contributed by atoms with Gasteiger partial charge in [0.2, 0.25) is 5.91 Å². The number of carbonyl (C=O) groups excluding carboxylic acids is 3. The number of benzene rings is 1. The van der Waals surface area contributed by atoms with E-state index in [0.717, 1.165) is 5.56 Å². The maximum atomic E-state index is 12.7. The van der Waals surface area contributed by atoms with Crippen LogP contribution in [0.4, 0.5) is 10.5 Å². The van der Waals surface area contributed by atoms with E-state index in [9.17, 15) is 19.5 Å². The molecule has 1 fully saturated rings. The van der Waals surface area contributed by atoms with Crippen molar-refractivity contribution < 1.29 is 29.0 Å². The van der Waals surface area contributed by atoms with Crippen LogP contribution < -0.4 is 5.32 Å². The summed E-state index contributed by atoms with van der Waals surface area (Å²) in [4.78, 5) is 37.6. The zero-order chi connectivity index (χ0) is 21.6. The van der Waals surface area contributed by atoms with Gasteiger partial charge in [-0.3, -0.25) is 9.69 Å². The smallest absolute Gasteiger partial charge is 0.411 e. The van der Waals surface area contributed by atoms with Crippen LogP contribution in [0.5, 0.6) is 0 Å². The zero-order valence-corrected chi connectivity index (χ0v) is 17.2. The molecule has 0 aliphatic carbocycles. The van der Waals surface area contributed by atoms with Gasteiger partial charge in [-0.25, -0.2) is 9.59 Å². The minimum atomic E-state index is -0.816. The van der Waals surface area contributed by atoms with Gasteiger partial charge in [-0.05, 0) is 51.5 Å². The quantitative estimate of drug-likeness (QED) is 0.577. The molecule has 1 aliphatic heterocycles. The first kappa shape index (κ1) is 22.4. The summed E-state index contributed by atoms with van der Waals surface area (Å²) in [7, 11) is 0. The van der Waals surface area contributed by atoms with Crippen LogP contribution in [0.1, 0.15) is 39.7 Å². The predicted molar refractivity (Wildman–Crippen MR) is 108 cm³/mol. The van der Waals surface area contributed by atoms with Gasteiger partial charge in [-0.1, -0.05) is 12.1 Å². The molecule has 8 nitrogen and oxygen atoms in total. The molecule has 1 heterocycles. The minimum Gasteiger partial charge on any atom is -0.463 e. The molecule has 0 radical (unpaired) electrons. The molecule has 2 rings (SSSR count). The molecule has 0 aromatic heterocycles. The monoisotopic (exact) mass is 404 g/mol. The van der Waals surface area contributed by atoms with Crippen LogP contribution in [-0.2, 0) is 19.1 Å². The van der Waals surface area contributed by atoms with Crippen molar-refractivity contribution in [3.05, 3.63) is 35.9 Å². The van der Waals surface area contributed by atoms with E-state index in [1.165, 1.54) is 11.0 Å². The van der Waals surface area contributed by atoms with Gasteiger partial charge in [-0.2, -0.15) is 0 Å². The molecule has 158 valence electrons. The van der Waals surface area contributed by atoms with Crippen LogP contribution in [-0.4, -0.2) is 58.9 Å². The average molecular weight is 404 g/mol. The third-order valence-corrected chi connectivity index (χ3v) is 4.09. The molecule has 2 amide bonds. The summed E-state index contributed by atoms with van der Waals surface area (Å²) in [6.45, 7) is 7.31. The SMILES string of the molecule is CCOC(=O)/C=C/c1ccc(NC(=O)[C@@H]2C[C@H](O)CN2C(=O)OC(C)(C)C)cc1. The number of rotatable bonds is 5. The van der Waals surface area contributed by atoms with Gasteiger partial charge in [-0.15, -0.1) is 0 Å². The van der Waals surface area contributed by atoms with Gasteiger partial charge in [0, 0.05) is 18.2 Å². The van der Waals surface area contributed by atoms with Crippen molar-refractivity contribution in [3.63, 3.8) is 0 Å². The Bertz CT molecular complexity index is 766. The number of esters is 1. The van der Waals surface area contributed by atoms with E-state index in [2.05, 4.69) is 5.32 Å². The van der Waals surface area contributed by atoms with E-state index in [4.69, 9.17) is 9.47 Å². The summed E-state index contributed by atoms with van der Waals surface area (Å²) >= 11 is 0. The zero-order valence-electron chi connectivity index (χ0n) is 17.2. The molecule has 2 atom stereocenters. The summed E-state index contributed by atoms with van der Waals surface area (Å²) in [5.74, 6) is -0.825. The molecule has 2 N–H and O–H groups in total.